The molecular formula is C18H37N3O. The molecule has 130 valence electrons. The summed E-state index contributed by atoms with van der Waals surface area (Å²) in [6.45, 7) is 9.43. The lowest BCUT2D eigenvalue weighted by Crippen LogP contribution is -2.46. The Morgan fingerprint density at radius 3 is 1.68 bits per heavy atom. The summed E-state index contributed by atoms with van der Waals surface area (Å²) in [5, 5.41) is 9.62. The molecule has 0 aromatic rings. The predicted molar refractivity (Wildman–Crippen MR) is 93.3 cm³/mol. The van der Waals surface area contributed by atoms with E-state index in [1.54, 1.807) is 0 Å². The van der Waals surface area contributed by atoms with E-state index in [0.717, 1.165) is 32.0 Å². The molecule has 2 heterocycles. The van der Waals surface area contributed by atoms with Gasteiger partial charge in [-0.1, -0.05) is 0 Å². The van der Waals surface area contributed by atoms with E-state index < -0.39 is 0 Å². The molecule has 1 N–H and O–H groups in total. The number of hydrogen-bond donors (Lipinski definition) is 1. The zero-order valence-corrected chi connectivity index (χ0v) is 15.2. The molecule has 0 aromatic carbocycles. The molecule has 22 heavy (non-hydrogen) atoms. The highest BCUT2D eigenvalue weighted by molar-refractivity contribution is 4.81. The van der Waals surface area contributed by atoms with Crippen molar-refractivity contribution in [1.29, 1.82) is 0 Å². The highest BCUT2D eigenvalue weighted by Gasteiger charge is 2.25. The lowest BCUT2D eigenvalue weighted by Gasteiger charge is -2.39. The number of aliphatic hydroxyl groups is 1. The van der Waals surface area contributed by atoms with Gasteiger partial charge in [0, 0.05) is 31.2 Å². The summed E-state index contributed by atoms with van der Waals surface area (Å²) in [6, 6.07) is 2.15. The second-order valence-electron chi connectivity index (χ2n) is 7.77. The van der Waals surface area contributed by atoms with Crippen molar-refractivity contribution in [2.45, 2.75) is 76.6 Å². The van der Waals surface area contributed by atoms with Crippen LogP contribution in [0.2, 0.25) is 0 Å². The third kappa shape index (κ3) is 5.19. The first-order chi connectivity index (χ1) is 10.5. The molecule has 2 aliphatic heterocycles. The molecule has 0 saturated carbocycles. The third-order valence-corrected chi connectivity index (χ3v) is 5.98. The van der Waals surface area contributed by atoms with E-state index in [2.05, 4.69) is 42.6 Å². The summed E-state index contributed by atoms with van der Waals surface area (Å²) < 4.78 is 0. The fraction of sp³-hybridized carbons (Fsp3) is 1.00. The molecule has 0 aliphatic carbocycles. The van der Waals surface area contributed by atoms with Crippen LogP contribution >= 0.6 is 0 Å². The largest absolute Gasteiger partial charge is 0.393 e. The van der Waals surface area contributed by atoms with Crippen molar-refractivity contribution in [3.05, 3.63) is 0 Å². The maximum Gasteiger partial charge on any atom is 0.0564 e. The minimum Gasteiger partial charge on any atom is -0.393 e. The monoisotopic (exact) mass is 311 g/mol. The average Bonchev–Trinajstić information content (AvgIpc) is 2.53. The van der Waals surface area contributed by atoms with Gasteiger partial charge in [0.2, 0.25) is 0 Å². The highest BCUT2D eigenvalue weighted by atomic mass is 16.3. The molecule has 0 amide bonds. The Morgan fingerprint density at radius 1 is 0.864 bits per heavy atom. The summed E-state index contributed by atoms with van der Waals surface area (Å²) >= 11 is 0. The summed E-state index contributed by atoms with van der Waals surface area (Å²) in [6.07, 6.45) is 7.07. The molecule has 0 aromatic heterocycles. The summed E-state index contributed by atoms with van der Waals surface area (Å²) in [5.41, 5.74) is 0. The van der Waals surface area contributed by atoms with Crippen molar-refractivity contribution in [2.24, 2.45) is 0 Å². The van der Waals surface area contributed by atoms with Crippen LogP contribution < -0.4 is 0 Å². The highest BCUT2D eigenvalue weighted by Crippen LogP contribution is 2.21. The van der Waals surface area contributed by atoms with Gasteiger partial charge in [-0.2, -0.15) is 0 Å². The Kier molecular flexibility index (Phi) is 7.13. The average molecular weight is 312 g/mol. The van der Waals surface area contributed by atoms with Gasteiger partial charge in [0.25, 0.3) is 0 Å². The third-order valence-electron chi connectivity index (χ3n) is 5.98. The van der Waals surface area contributed by atoms with Crippen molar-refractivity contribution in [1.82, 2.24) is 14.7 Å². The number of hydrogen-bond acceptors (Lipinski definition) is 4. The van der Waals surface area contributed by atoms with Crippen molar-refractivity contribution < 1.29 is 5.11 Å². The molecule has 0 spiro atoms. The van der Waals surface area contributed by atoms with Crippen molar-refractivity contribution in [3.8, 4) is 0 Å². The minimum absolute atomic E-state index is 0.0552. The van der Waals surface area contributed by atoms with E-state index in [9.17, 15) is 5.11 Å². The van der Waals surface area contributed by atoms with Crippen LogP contribution in [0, 0.1) is 0 Å². The maximum absolute atomic E-state index is 9.62. The van der Waals surface area contributed by atoms with E-state index in [4.69, 9.17) is 0 Å². The van der Waals surface area contributed by atoms with Crippen LogP contribution in [-0.2, 0) is 0 Å². The second-order valence-corrected chi connectivity index (χ2v) is 7.77. The molecule has 2 aliphatic rings. The summed E-state index contributed by atoms with van der Waals surface area (Å²) in [5.74, 6) is 0. The normalized spacial score (nSPS) is 26.5. The Hall–Kier alpha value is -0.160. The molecule has 4 heteroatoms. The topological polar surface area (TPSA) is 30.0 Å². The number of nitrogens with zero attached hydrogens (tertiary/aromatic N) is 3. The van der Waals surface area contributed by atoms with E-state index in [1.165, 1.54) is 38.8 Å². The van der Waals surface area contributed by atoms with Gasteiger partial charge in [-0.05, 0) is 79.6 Å². The van der Waals surface area contributed by atoms with Crippen LogP contribution in [0.15, 0.2) is 0 Å². The summed E-state index contributed by atoms with van der Waals surface area (Å²) in [7, 11) is 4.42. The molecular weight excluding hydrogens is 274 g/mol. The zero-order valence-electron chi connectivity index (χ0n) is 15.2. The van der Waals surface area contributed by atoms with Crippen LogP contribution in [-0.4, -0.2) is 84.3 Å². The molecule has 2 fully saturated rings. The van der Waals surface area contributed by atoms with Crippen LogP contribution in [0.1, 0.15) is 52.4 Å². The molecule has 0 bridgehead atoms. The molecule has 2 rings (SSSR count). The molecule has 0 radical (unpaired) electrons. The van der Waals surface area contributed by atoms with E-state index in [1.807, 2.05) is 0 Å². The Balaban J connectivity index is 1.66. The first-order valence-corrected chi connectivity index (χ1v) is 9.30. The number of aliphatic hydroxyl groups excluding tert-OH is 1. The Labute approximate surface area is 137 Å². The first kappa shape index (κ1) is 18.2. The van der Waals surface area contributed by atoms with Gasteiger partial charge < -0.3 is 19.8 Å². The van der Waals surface area contributed by atoms with Gasteiger partial charge in [0.15, 0.2) is 0 Å². The Morgan fingerprint density at radius 2 is 1.27 bits per heavy atom. The van der Waals surface area contributed by atoms with Gasteiger partial charge in [-0.15, -0.1) is 0 Å². The predicted octanol–water partition coefficient (Wildman–Crippen LogP) is 2.03. The number of piperidine rings is 2. The molecule has 2 unspecified atom stereocenters. The standard InChI is InChI=1S/C18H37N3O/c1-15(20-11-7-17(8-12-20)19(3)4)5-6-16(2)21-13-9-18(22)10-14-21/h15-18,22H,5-14H2,1-4H3. The Bertz CT molecular complexity index is 307. The van der Waals surface area contributed by atoms with Gasteiger partial charge in [0.1, 0.15) is 0 Å². The van der Waals surface area contributed by atoms with E-state index in [-0.39, 0.29) is 6.10 Å². The smallest absolute Gasteiger partial charge is 0.0564 e. The van der Waals surface area contributed by atoms with Crippen LogP contribution in [0.4, 0.5) is 0 Å². The van der Waals surface area contributed by atoms with Crippen LogP contribution in [0.3, 0.4) is 0 Å². The van der Waals surface area contributed by atoms with E-state index in [0.29, 0.717) is 12.1 Å². The zero-order chi connectivity index (χ0) is 16.1. The maximum atomic E-state index is 9.62. The second kappa shape index (κ2) is 8.62. The van der Waals surface area contributed by atoms with Crippen molar-refractivity contribution in [2.75, 3.05) is 40.3 Å². The lowest BCUT2D eigenvalue weighted by atomic mass is 9.99. The molecule has 4 nitrogen and oxygen atoms in total. The quantitative estimate of drug-likeness (QED) is 0.813. The molecule has 2 saturated heterocycles. The minimum atomic E-state index is -0.0552. The van der Waals surface area contributed by atoms with Gasteiger partial charge >= 0.3 is 0 Å². The fourth-order valence-electron chi connectivity index (χ4n) is 4.02. The fourth-order valence-corrected chi connectivity index (χ4v) is 4.02. The van der Waals surface area contributed by atoms with Crippen molar-refractivity contribution in [3.63, 3.8) is 0 Å². The number of likely N-dealkylation sites (tertiary alicyclic amines) is 2. The molecule has 2 atom stereocenters. The van der Waals surface area contributed by atoms with Gasteiger partial charge in [-0.25, -0.2) is 0 Å². The van der Waals surface area contributed by atoms with Gasteiger partial charge in [0.05, 0.1) is 6.10 Å². The first-order valence-electron chi connectivity index (χ1n) is 9.30. The van der Waals surface area contributed by atoms with Gasteiger partial charge in [-0.3, -0.25) is 0 Å². The van der Waals surface area contributed by atoms with Crippen molar-refractivity contribution >= 4 is 0 Å². The van der Waals surface area contributed by atoms with E-state index >= 15 is 0 Å². The SMILES string of the molecule is CC(CCC(C)N1CCC(N(C)C)CC1)N1CCC(O)CC1. The number of rotatable bonds is 6. The lowest BCUT2D eigenvalue weighted by molar-refractivity contribution is 0.0576. The summed E-state index contributed by atoms with van der Waals surface area (Å²) in [4.78, 5) is 7.64. The van der Waals surface area contributed by atoms with Crippen LogP contribution in [0.5, 0.6) is 0 Å². The van der Waals surface area contributed by atoms with Crippen LogP contribution in [0.25, 0.3) is 0 Å².